The first-order valence-corrected chi connectivity index (χ1v) is 5.41. The van der Waals surface area contributed by atoms with Crippen LogP contribution in [-0.4, -0.2) is 20.1 Å². The monoisotopic (exact) mass is 260 g/mol. The minimum absolute atomic E-state index is 0.0594. The molecule has 0 heterocycles. The Labute approximate surface area is 104 Å². The largest absolute Gasteiger partial charge is 0.467 e. The molecule has 1 rings (SSSR count). The van der Waals surface area contributed by atoms with Gasteiger partial charge in [0.2, 0.25) is 0 Å². The van der Waals surface area contributed by atoms with Crippen LogP contribution in [0.2, 0.25) is 0 Å². The molecule has 0 aromatic heterocycles. The molecule has 0 saturated carbocycles. The van der Waals surface area contributed by atoms with Crippen LogP contribution in [0, 0.1) is 0 Å². The Morgan fingerprint density at radius 2 is 2.00 bits per heavy atom. The number of methoxy groups -OCH3 is 1. The standard InChI is InChI=1S/C13H15F3O2/c1-4-10-7-11(9(2)13(14,15)16)5-6-12(10)18-8-17-3/h5-7H,2,4,8H2,1,3H3. The summed E-state index contributed by atoms with van der Waals surface area (Å²) in [5.74, 6) is 0.526. The second-order valence-electron chi connectivity index (χ2n) is 3.70. The minimum atomic E-state index is -4.42. The van der Waals surface area contributed by atoms with Crippen LogP contribution in [0.5, 0.6) is 5.75 Å². The summed E-state index contributed by atoms with van der Waals surface area (Å²) in [5, 5.41) is 0. The quantitative estimate of drug-likeness (QED) is 0.749. The molecule has 0 aliphatic heterocycles. The average molecular weight is 260 g/mol. The van der Waals surface area contributed by atoms with Gasteiger partial charge in [-0.1, -0.05) is 19.6 Å². The van der Waals surface area contributed by atoms with Gasteiger partial charge in [-0.15, -0.1) is 0 Å². The van der Waals surface area contributed by atoms with Crippen LogP contribution in [0.3, 0.4) is 0 Å². The van der Waals surface area contributed by atoms with Gasteiger partial charge in [0.25, 0.3) is 0 Å². The number of alkyl halides is 3. The van der Waals surface area contributed by atoms with E-state index in [1.54, 1.807) is 0 Å². The number of hydrogen-bond acceptors (Lipinski definition) is 2. The Balaban J connectivity index is 3.02. The van der Waals surface area contributed by atoms with Crippen molar-refractivity contribution in [2.75, 3.05) is 13.9 Å². The molecule has 0 radical (unpaired) electrons. The van der Waals surface area contributed by atoms with Gasteiger partial charge in [-0.05, 0) is 29.7 Å². The molecular formula is C13H15F3O2. The van der Waals surface area contributed by atoms with Crippen LogP contribution in [0.4, 0.5) is 13.2 Å². The number of halogens is 3. The van der Waals surface area contributed by atoms with E-state index in [-0.39, 0.29) is 12.4 Å². The van der Waals surface area contributed by atoms with Gasteiger partial charge in [-0.3, -0.25) is 0 Å². The van der Waals surface area contributed by atoms with Gasteiger partial charge in [0, 0.05) is 7.11 Å². The van der Waals surface area contributed by atoms with Crippen molar-refractivity contribution >= 4 is 5.57 Å². The maximum Gasteiger partial charge on any atom is 0.416 e. The number of allylic oxidation sites excluding steroid dienone is 1. The molecular weight excluding hydrogens is 245 g/mol. The second-order valence-corrected chi connectivity index (χ2v) is 3.70. The van der Waals surface area contributed by atoms with E-state index in [9.17, 15) is 13.2 Å². The maximum atomic E-state index is 12.5. The van der Waals surface area contributed by atoms with Crippen molar-refractivity contribution in [1.82, 2.24) is 0 Å². The third-order valence-corrected chi connectivity index (χ3v) is 2.46. The van der Waals surface area contributed by atoms with Gasteiger partial charge in [0.05, 0.1) is 5.57 Å². The van der Waals surface area contributed by atoms with Crippen molar-refractivity contribution in [2.24, 2.45) is 0 Å². The van der Waals surface area contributed by atoms with Crippen molar-refractivity contribution < 1.29 is 22.6 Å². The third-order valence-electron chi connectivity index (χ3n) is 2.46. The van der Waals surface area contributed by atoms with Crippen molar-refractivity contribution in [3.05, 3.63) is 35.9 Å². The molecule has 2 nitrogen and oxygen atoms in total. The molecule has 0 spiro atoms. The highest BCUT2D eigenvalue weighted by atomic mass is 19.4. The summed E-state index contributed by atoms with van der Waals surface area (Å²) in [4.78, 5) is 0. The molecule has 0 aliphatic rings. The predicted molar refractivity (Wildman–Crippen MR) is 63.4 cm³/mol. The summed E-state index contributed by atoms with van der Waals surface area (Å²) < 4.78 is 47.6. The number of rotatable bonds is 5. The fraction of sp³-hybridized carbons (Fsp3) is 0.385. The summed E-state index contributed by atoms with van der Waals surface area (Å²) in [6.45, 7) is 4.98. The van der Waals surface area contributed by atoms with Gasteiger partial charge in [-0.25, -0.2) is 0 Å². The van der Waals surface area contributed by atoms with E-state index in [1.165, 1.54) is 25.3 Å². The molecule has 100 valence electrons. The third kappa shape index (κ3) is 3.50. The first-order valence-electron chi connectivity index (χ1n) is 5.41. The van der Waals surface area contributed by atoms with E-state index in [4.69, 9.17) is 9.47 Å². The fourth-order valence-corrected chi connectivity index (χ4v) is 1.47. The van der Waals surface area contributed by atoms with Gasteiger partial charge in [0.1, 0.15) is 5.75 Å². The fourth-order valence-electron chi connectivity index (χ4n) is 1.47. The van der Waals surface area contributed by atoms with E-state index in [0.717, 1.165) is 0 Å². The summed E-state index contributed by atoms with van der Waals surface area (Å²) in [6, 6.07) is 4.30. The molecule has 18 heavy (non-hydrogen) atoms. The van der Waals surface area contributed by atoms with Crippen molar-refractivity contribution in [3.63, 3.8) is 0 Å². The highest BCUT2D eigenvalue weighted by molar-refractivity contribution is 5.68. The summed E-state index contributed by atoms with van der Waals surface area (Å²) >= 11 is 0. The molecule has 0 amide bonds. The zero-order valence-corrected chi connectivity index (χ0v) is 10.3. The van der Waals surface area contributed by atoms with Crippen LogP contribution in [0.15, 0.2) is 24.8 Å². The number of ether oxygens (including phenoxy) is 2. The summed E-state index contributed by atoms with van der Waals surface area (Å²) in [6.07, 6.45) is -3.85. The highest BCUT2D eigenvalue weighted by Crippen LogP contribution is 2.34. The molecule has 0 aliphatic carbocycles. The molecule has 1 aromatic carbocycles. The lowest BCUT2D eigenvalue weighted by molar-refractivity contribution is -0.0686. The van der Waals surface area contributed by atoms with E-state index >= 15 is 0 Å². The Bertz CT molecular complexity index is 425. The van der Waals surface area contributed by atoms with Crippen LogP contribution in [0.25, 0.3) is 5.57 Å². The Morgan fingerprint density at radius 3 is 2.50 bits per heavy atom. The SMILES string of the molecule is C=C(c1ccc(OCOC)c(CC)c1)C(F)(F)F. The normalized spacial score (nSPS) is 11.4. The number of benzene rings is 1. The van der Waals surface area contributed by atoms with Crippen LogP contribution < -0.4 is 4.74 Å². The van der Waals surface area contributed by atoms with Crippen LogP contribution in [0.1, 0.15) is 18.1 Å². The van der Waals surface area contributed by atoms with E-state index in [1.807, 2.05) is 6.92 Å². The predicted octanol–water partition coefficient (Wildman–Crippen LogP) is 3.81. The number of hydrogen-bond donors (Lipinski definition) is 0. The zero-order valence-electron chi connectivity index (χ0n) is 10.3. The van der Waals surface area contributed by atoms with Crippen molar-refractivity contribution in [2.45, 2.75) is 19.5 Å². The summed E-state index contributed by atoms with van der Waals surface area (Å²) in [7, 11) is 1.48. The van der Waals surface area contributed by atoms with Gasteiger partial charge in [-0.2, -0.15) is 13.2 Å². The average Bonchev–Trinajstić information content (AvgIpc) is 2.34. The second kappa shape index (κ2) is 5.91. The first-order chi connectivity index (χ1) is 8.40. The maximum absolute atomic E-state index is 12.5. The van der Waals surface area contributed by atoms with Gasteiger partial charge < -0.3 is 9.47 Å². The Hall–Kier alpha value is -1.49. The molecule has 0 fully saturated rings. The Kier molecular flexibility index (Phi) is 4.78. The lowest BCUT2D eigenvalue weighted by Gasteiger charge is -2.14. The molecule has 0 N–H and O–H groups in total. The topological polar surface area (TPSA) is 18.5 Å². The van der Waals surface area contributed by atoms with Gasteiger partial charge in [0.15, 0.2) is 6.79 Å². The number of aryl methyl sites for hydroxylation is 1. The lowest BCUT2D eigenvalue weighted by Crippen LogP contribution is -2.10. The van der Waals surface area contributed by atoms with Gasteiger partial charge >= 0.3 is 6.18 Å². The van der Waals surface area contributed by atoms with Crippen LogP contribution >= 0.6 is 0 Å². The van der Waals surface area contributed by atoms with E-state index in [2.05, 4.69) is 6.58 Å². The zero-order chi connectivity index (χ0) is 13.8. The molecule has 0 saturated heterocycles. The molecule has 0 atom stereocenters. The highest BCUT2D eigenvalue weighted by Gasteiger charge is 2.33. The van der Waals surface area contributed by atoms with Crippen molar-refractivity contribution in [1.29, 1.82) is 0 Å². The first kappa shape index (κ1) is 14.6. The minimum Gasteiger partial charge on any atom is -0.467 e. The van der Waals surface area contributed by atoms with E-state index < -0.39 is 11.7 Å². The smallest absolute Gasteiger partial charge is 0.416 e. The molecule has 0 bridgehead atoms. The molecule has 1 aromatic rings. The van der Waals surface area contributed by atoms with Crippen LogP contribution in [-0.2, 0) is 11.2 Å². The van der Waals surface area contributed by atoms with E-state index in [0.29, 0.717) is 17.7 Å². The summed E-state index contributed by atoms with van der Waals surface area (Å²) in [5.41, 5.74) is -0.102. The van der Waals surface area contributed by atoms with Crippen molar-refractivity contribution in [3.8, 4) is 5.75 Å². The lowest BCUT2D eigenvalue weighted by atomic mass is 10.0. The molecule has 0 unspecified atom stereocenters. The molecule has 5 heteroatoms. The Morgan fingerprint density at radius 1 is 1.33 bits per heavy atom.